The monoisotopic (exact) mass is 577 g/mol. The summed E-state index contributed by atoms with van der Waals surface area (Å²) in [5.41, 5.74) is 8.09. The molecule has 0 saturated carbocycles. The quantitative estimate of drug-likeness (QED) is 0.426. The average molecular weight is 578 g/mol. The number of ether oxygens (including phenoxy) is 1. The third-order valence-corrected chi connectivity index (χ3v) is 7.32. The Morgan fingerprint density at radius 1 is 0.929 bits per heavy atom. The molecule has 224 valence electrons. The largest absolute Gasteiger partial charge is 0.449 e. The topological polar surface area (TPSA) is 151 Å². The molecule has 14 nitrogen and oxygen atoms in total. The first-order valence-electron chi connectivity index (χ1n) is 14.4. The maximum atomic E-state index is 12.2. The van der Waals surface area contributed by atoms with Crippen molar-refractivity contribution < 1.29 is 14.3 Å². The zero-order valence-corrected chi connectivity index (χ0v) is 24.4. The fourth-order valence-corrected chi connectivity index (χ4v) is 4.99. The van der Waals surface area contributed by atoms with Crippen LogP contribution in [0, 0.1) is 5.92 Å². The minimum Gasteiger partial charge on any atom is -0.449 e. The molecule has 42 heavy (non-hydrogen) atoms. The number of nitrogen functional groups attached to an aromatic ring is 1. The number of rotatable bonds is 7. The Balaban J connectivity index is 1.18. The van der Waals surface area contributed by atoms with Gasteiger partial charge >= 0.3 is 6.09 Å². The van der Waals surface area contributed by atoms with Crippen molar-refractivity contribution in [3.63, 3.8) is 0 Å². The average Bonchev–Trinajstić information content (AvgIpc) is 3.18. The predicted molar refractivity (Wildman–Crippen MR) is 160 cm³/mol. The van der Waals surface area contributed by atoms with E-state index in [1.165, 1.54) is 11.0 Å². The number of hydrogen-bond donors (Lipinski definition) is 2. The van der Waals surface area contributed by atoms with Gasteiger partial charge in [0.25, 0.3) is 0 Å². The second kappa shape index (κ2) is 12.9. The predicted octanol–water partition coefficient (Wildman–Crippen LogP) is 2.36. The molecule has 3 aromatic rings. The van der Waals surface area contributed by atoms with E-state index in [4.69, 9.17) is 10.5 Å². The van der Waals surface area contributed by atoms with Gasteiger partial charge in [0.15, 0.2) is 5.82 Å². The number of carbonyl (C=O) groups excluding carboxylic acids is 2. The van der Waals surface area contributed by atoms with Gasteiger partial charge in [-0.1, -0.05) is 13.8 Å². The van der Waals surface area contributed by atoms with E-state index in [1.807, 2.05) is 49.1 Å². The van der Waals surface area contributed by atoms with Crippen molar-refractivity contribution >= 4 is 41.1 Å². The zero-order valence-electron chi connectivity index (χ0n) is 24.4. The SMILES string of the molecule is CC(=O)N1CCCN(c2cc(-n3nc(Nc4ccc(N5CCN(C(=O)OCC(C)C)CC5)cc4)nc3N)ncn2)CC1. The second-order valence-electron chi connectivity index (χ2n) is 10.9. The molecule has 2 aliphatic rings. The van der Waals surface area contributed by atoms with Crippen LogP contribution in [0.25, 0.3) is 5.82 Å². The fourth-order valence-electron chi connectivity index (χ4n) is 4.99. The molecule has 1 aromatic carbocycles. The Bertz CT molecular complexity index is 1370. The number of carbonyl (C=O) groups is 2. The molecule has 0 unspecified atom stereocenters. The van der Waals surface area contributed by atoms with Crippen molar-refractivity contribution in [2.45, 2.75) is 27.2 Å². The minimum absolute atomic E-state index is 0.0873. The van der Waals surface area contributed by atoms with E-state index < -0.39 is 0 Å². The molecule has 0 aliphatic carbocycles. The van der Waals surface area contributed by atoms with E-state index in [9.17, 15) is 9.59 Å². The van der Waals surface area contributed by atoms with Crippen molar-refractivity contribution in [1.82, 2.24) is 34.5 Å². The Hall–Kier alpha value is -4.62. The number of anilines is 5. The molecular formula is C28H39N11O3. The second-order valence-corrected chi connectivity index (χ2v) is 10.9. The summed E-state index contributed by atoms with van der Waals surface area (Å²) in [5.74, 6) is 2.21. The van der Waals surface area contributed by atoms with Crippen molar-refractivity contribution in [3.8, 4) is 5.82 Å². The van der Waals surface area contributed by atoms with E-state index >= 15 is 0 Å². The van der Waals surface area contributed by atoms with Crippen LogP contribution in [0.5, 0.6) is 0 Å². The number of benzene rings is 1. The molecule has 0 bridgehead atoms. The third-order valence-electron chi connectivity index (χ3n) is 7.32. The Kier molecular flexibility index (Phi) is 8.88. The molecule has 0 atom stereocenters. The molecule has 2 aliphatic heterocycles. The molecule has 0 spiro atoms. The number of nitrogens with two attached hydrogens (primary N) is 1. The third kappa shape index (κ3) is 6.98. The highest BCUT2D eigenvalue weighted by atomic mass is 16.6. The van der Waals surface area contributed by atoms with Crippen LogP contribution >= 0.6 is 0 Å². The first-order valence-corrected chi connectivity index (χ1v) is 14.4. The van der Waals surface area contributed by atoms with E-state index in [1.54, 1.807) is 11.8 Å². The van der Waals surface area contributed by atoms with Gasteiger partial charge in [0.05, 0.1) is 6.61 Å². The highest BCUT2D eigenvalue weighted by Gasteiger charge is 2.23. The summed E-state index contributed by atoms with van der Waals surface area (Å²) < 4.78 is 6.84. The molecular weight excluding hydrogens is 538 g/mol. The van der Waals surface area contributed by atoms with Crippen LogP contribution in [0.1, 0.15) is 27.2 Å². The maximum Gasteiger partial charge on any atom is 0.409 e. The summed E-state index contributed by atoms with van der Waals surface area (Å²) in [6.45, 7) is 11.7. The van der Waals surface area contributed by atoms with Crippen LogP contribution in [0.15, 0.2) is 36.7 Å². The number of amides is 2. The van der Waals surface area contributed by atoms with E-state index in [0.29, 0.717) is 50.5 Å². The van der Waals surface area contributed by atoms with Crippen LogP contribution < -0.4 is 20.9 Å². The molecule has 4 heterocycles. The summed E-state index contributed by atoms with van der Waals surface area (Å²) in [4.78, 5) is 45.2. The molecule has 0 radical (unpaired) electrons. The molecule has 2 aromatic heterocycles. The first kappa shape index (κ1) is 28.9. The van der Waals surface area contributed by atoms with Gasteiger partial charge in [-0.2, -0.15) is 9.67 Å². The highest BCUT2D eigenvalue weighted by molar-refractivity contribution is 5.73. The van der Waals surface area contributed by atoms with Gasteiger partial charge in [0.2, 0.25) is 17.8 Å². The van der Waals surface area contributed by atoms with Crippen LogP contribution in [-0.2, 0) is 9.53 Å². The molecule has 2 amide bonds. The van der Waals surface area contributed by atoms with Crippen LogP contribution in [0.2, 0.25) is 0 Å². The number of nitrogens with one attached hydrogen (secondary N) is 1. The Labute approximate surface area is 245 Å². The summed E-state index contributed by atoms with van der Waals surface area (Å²) in [7, 11) is 0. The molecule has 2 saturated heterocycles. The van der Waals surface area contributed by atoms with Crippen molar-refractivity contribution in [1.29, 1.82) is 0 Å². The van der Waals surface area contributed by atoms with Crippen molar-refractivity contribution in [3.05, 3.63) is 36.7 Å². The van der Waals surface area contributed by atoms with Gasteiger partial charge in [0.1, 0.15) is 12.1 Å². The maximum absolute atomic E-state index is 12.2. The lowest BCUT2D eigenvalue weighted by Crippen LogP contribution is -2.49. The molecule has 3 N–H and O–H groups in total. The number of aromatic nitrogens is 5. The minimum atomic E-state index is -0.241. The van der Waals surface area contributed by atoms with E-state index in [-0.39, 0.29) is 17.9 Å². The molecule has 5 rings (SSSR count). The number of hydrogen-bond acceptors (Lipinski definition) is 11. The van der Waals surface area contributed by atoms with Crippen LogP contribution in [0.3, 0.4) is 0 Å². The summed E-state index contributed by atoms with van der Waals surface area (Å²) in [6, 6.07) is 9.81. The Morgan fingerprint density at radius 2 is 1.62 bits per heavy atom. The van der Waals surface area contributed by atoms with Crippen LogP contribution in [0.4, 0.5) is 33.9 Å². The lowest BCUT2D eigenvalue weighted by Gasteiger charge is -2.35. The normalized spacial score (nSPS) is 16.0. The lowest BCUT2D eigenvalue weighted by molar-refractivity contribution is -0.128. The van der Waals surface area contributed by atoms with Gasteiger partial charge in [-0.3, -0.25) is 4.79 Å². The van der Waals surface area contributed by atoms with E-state index in [2.05, 4.69) is 35.2 Å². The smallest absolute Gasteiger partial charge is 0.409 e. The van der Waals surface area contributed by atoms with Crippen molar-refractivity contribution in [2.24, 2.45) is 5.92 Å². The fraction of sp³-hybridized carbons (Fsp3) is 0.500. The van der Waals surface area contributed by atoms with Gasteiger partial charge < -0.3 is 35.4 Å². The summed E-state index contributed by atoms with van der Waals surface area (Å²) >= 11 is 0. The summed E-state index contributed by atoms with van der Waals surface area (Å²) in [6.07, 6.45) is 2.11. The Morgan fingerprint density at radius 3 is 2.33 bits per heavy atom. The molecule has 14 heteroatoms. The summed E-state index contributed by atoms with van der Waals surface area (Å²) in [5, 5.41) is 7.74. The number of nitrogens with zero attached hydrogens (tertiary/aromatic N) is 9. The first-order chi connectivity index (χ1) is 20.3. The number of piperazine rings is 1. The van der Waals surface area contributed by atoms with Crippen molar-refractivity contribution in [2.75, 3.05) is 79.8 Å². The zero-order chi connectivity index (χ0) is 29.6. The van der Waals surface area contributed by atoms with Crippen LogP contribution in [-0.4, -0.2) is 105 Å². The van der Waals surface area contributed by atoms with E-state index in [0.717, 1.165) is 49.8 Å². The van der Waals surface area contributed by atoms with Gasteiger partial charge in [-0.05, 0) is 36.6 Å². The highest BCUT2D eigenvalue weighted by Crippen LogP contribution is 2.23. The van der Waals surface area contributed by atoms with Gasteiger partial charge in [-0.15, -0.1) is 5.10 Å². The van der Waals surface area contributed by atoms with Gasteiger partial charge in [-0.25, -0.2) is 14.8 Å². The van der Waals surface area contributed by atoms with Gasteiger partial charge in [0, 0.05) is 76.7 Å². The standard InChI is InChI=1S/C28H39N11O3/c1-20(2)18-42-28(41)38-15-12-36(13-16-38)23-7-5-22(6-8-23)32-27-33-26(29)39(34-27)25-17-24(30-19-31-25)37-10-4-9-35(11-14-37)21(3)40/h5-8,17,19-20H,4,9-16,18H2,1-3H3,(H3,29,32,33,34). The molecule has 2 fully saturated rings. The lowest BCUT2D eigenvalue weighted by atomic mass is 10.2.